The fraction of sp³-hybridized carbons (Fsp3) is 0.125. The number of hydrogen-bond acceptors (Lipinski definition) is 3. The summed E-state index contributed by atoms with van der Waals surface area (Å²) in [4.78, 5) is 1.12. The van der Waals surface area contributed by atoms with E-state index >= 15 is 0 Å². The summed E-state index contributed by atoms with van der Waals surface area (Å²) in [7, 11) is 0. The Morgan fingerprint density at radius 1 is 1.67 bits per heavy atom. The van der Waals surface area contributed by atoms with Crippen molar-refractivity contribution >= 4 is 67.3 Å². The summed E-state index contributed by atoms with van der Waals surface area (Å²) in [6, 6.07) is 1.99. The number of thiophene rings is 1. The van der Waals surface area contributed by atoms with E-state index in [1.54, 1.807) is 10.9 Å². The first-order valence-corrected chi connectivity index (χ1v) is 7.05. The van der Waals surface area contributed by atoms with Gasteiger partial charge >= 0.3 is 0 Å². The van der Waals surface area contributed by atoms with Crippen LogP contribution in [0.1, 0.15) is 4.88 Å². The third-order valence-corrected chi connectivity index (χ3v) is 5.13. The molecule has 2 N–H and O–H groups in total. The number of nitrogen functional groups attached to an aromatic ring is 1. The van der Waals surface area contributed by atoms with Gasteiger partial charge in [-0.3, -0.25) is 0 Å². The average Bonchev–Trinajstić information content (AvgIpc) is 2.65. The average molecular weight is 418 g/mol. The van der Waals surface area contributed by atoms with E-state index in [4.69, 9.17) is 17.3 Å². The number of halogens is 3. The third kappa shape index (κ3) is 2.48. The lowest BCUT2D eigenvalue weighted by Gasteiger charge is -2.00. The maximum absolute atomic E-state index is 5.95. The van der Waals surface area contributed by atoms with E-state index in [0.29, 0.717) is 12.4 Å². The van der Waals surface area contributed by atoms with Gasteiger partial charge in [0, 0.05) is 9.35 Å². The van der Waals surface area contributed by atoms with Crippen molar-refractivity contribution in [1.29, 1.82) is 0 Å². The van der Waals surface area contributed by atoms with Gasteiger partial charge in [0.15, 0.2) is 0 Å². The number of hydrogen-bond donors (Lipinski definition) is 1. The van der Waals surface area contributed by atoms with Crippen LogP contribution in [-0.2, 0) is 6.54 Å². The number of nitrogens with zero attached hydrogens (tertiary/aromatic N) is 2. The molecule has 0 saturated heterocycles. The van der Waals surface area contributed by atoms with E-state index in [9.17, 15) is 0 Å². The molecule has 2 aromatic rings. The second-order valence-electron chi connectivity index (χ2n) is 2.87. The van der Waals surface area contributed by atoms with Gasteiger partial charge in [-0.1, -0.05) is 11.6 Å². The molecule has 0 aliphatic heterocycles. The van der Waals surface area contributed by atoms with Crippen molar-refractivity contribution in [2.45, 2.75) is 6.54 Å². The van der Waals surface area contributed by atoms with Gasteiger partial charge in [0.1, 0.15) is 10.2 Å². The summed E-state index contributed by atoms with van der Waals surface area (Å²) in [6.07, 6.45) is 1.75. The second kappa shape index (κ2) is 4.60. The number of aromatic nitrogens is 2. The Balaban J connectivity index is 2.25. The fourth-order valence-electron chi connectivity index (χ4n) is 1.11. The van der Waals surface area contributed by atoms with Crippen molar-refractivity contribution in [3.8, 4) is 0 Å². The molecular formula is C8H6BrClIN3S. The molecule has 0 spiro atoms. The number of rotatable bonds is 2. The van der Waals surface area contributed by atoms with E-state index in [1.807, 2.05) is 6.07 Å². The Morgan fingerprint density at radius 2 is 2.40 bits per heavy atom. The molecule has 0 aliphatic carbocycles. The van der Waals surface area contributed by atoms with Gasteiger partial charge in [-0.25, -0.2) is 4.68 Å². The summed E-state index contributed by atoms with van der Waals surface area (Å²) < 4.78 is 4.40. The normalized spacial score (nSPS) is 10.9. The molecule has 2 aromatic heterocycles. The highest BCUT2D eigenvalue weighted by molar-refractivity contribution is 14.1. The molecule has 2 rings (SSSR count). The monoisotopic (exact) mass is 417 g/mol. The van der Waals surface area contributed by atoms with Crippen LogP contribution in [-0.4, -0.2) is 9.78 Å². The van der Waals surface area contributed by atoms with Crippen molar-refractivity contribution in [2.24, 2.45) is 0 Å². The minimum absolute atomic E-state index is 0.658. The molecule has 0 saturated carbocycles. The first kappa shape index (κ1) is 11.7. The summed E-state index contributed by atoms with van der Waals surface area (Å²) in [6.45, 7) is 0.658. The SMILES string of the molecule is Nc1c(I)cnn1Cc1cc(Br)c(Cl)s1. The van der Waals surface area contributed by atoms with Gasteiger partial charge in [0.25, 0.3) is 0 Å². The lowest BCUT2D eigenvalue weighted by atomic mass is 10.4. The van der Waals surface area contributed by atoms with Crippen LogP contribution in [0.2, 0.25) is 4.34 Å². The quantitative estimate of drug-likeness (QED) is 0.758. The van der Waals surface area contributed by atoms with Crippen LogP contribution < -0.4 is 5.73 Å². The highest BCUT2D eigenvalue weighted by Gasteiger charge is 2.08. The lowest BCUT2D eigenvalue weighted by Crippen LogP contribution is -2.04. The van der Waals surface area contributed by atoms with Gasteiger partial charge < -0.3 is 5.73 Å². The maximum atomic E-state index is 5.95. The predicted molar refractivity (Wildman–Crippen MR) is 75.5 cm³/mol. The zero-order valence-corrected chi connectivity index (χ0v) is 12.7. The first-order chi connectivity index (χ1) is 7.08. The number of anilines is 1. The molecule has 0 amide bonds. The minimum Gasteiger partial charge on any atom is -0.383 e. The van der Waals surface area contributed by atoms with Gasteiger partial charge in [0.2, 0.25) is 0 Å². The zero-order valence-electron chi connectivity index (χ0n) is 7.38. The molecule has 15 heavy (non-hydrogen) atoms. The molecule has 0 aliphatic rings. The lowest BCUT2D eigenvalue weighted by molar-refractivity contribution is 0.705. The van der Waals surface area contributed by atoms with E-state index < -0.39 is 0 Å². The molecule has 0 unspecified atom stereocenters. The van der Waals surface area contributed by atoms with Crippen molar-refractivity contribution in [3.05, 3.63) is 29.5 Å². The van der Waals surface area contributed by atoms with Crippen LogP contribution in [0.25, 0.3) is 0 Å². The van der Waals surface area contributed by atoms with Crippen molar-refractivity contribution < 1.29 is 0 Å². The summed E-state index contributed by atoms with van der Waals surface area (Å²) in [5.74, 6) is 0.691. The van der Waals surface area contributed by atoms with Crippen molar-refractivity contribution in [2.75, 3.05) is 5.73 Å². The molecule has 2 heterocycles. The highest BCUT2D eigenvalue weighted by Crippen LogP contribution is 2.32. The molecule has 80 valence electrons. The molecule has 0 atom stereocenters. The summed E-state index contributed by atoms with van der Waals surface area (Å²) in [5, 5.41) is 4.18. The fourth-order valence-corrected chi connectivity index (χ4v) is 3.29. The van der Waals surface area contributed by atoms with Gasteiger partial charge in [-0.05, 0) is 44.6 Å². The van der Waals surface area contributed by atoms with Gasteiger partial charge in [0.05, 0.1) is 16.3 Å². The minimum atomic E-state index is 0.658. The Bertz CT molecular complexity index is 477. The van der Waals surface area contributed by atoms with Gasteiger partial charge in [-0.15, -0.1) is 11.3 Å². The van der Waals surface area contributed by atoms with E-state index in [1.165, 1.54) is 11.3 Å². The smallest absolute Gasteiger partial charge is 0.135 e. The third-order valence-electron chi connectivity index (χ3n) is 1.84. The largest absolute Gasteiger partial charge is 0.383 e. The topological polar surface area (TPSA) is 43.8 Å². The Morgan fingerprint density at radius 3 is 2.87 bits per heavy atom. The van der Waals surface area contributed by atoms with Gasteiger partial charge in [-0.2, -0.15) is 5.10 Å². The molecule has 3 nitrogen and oxygen atoms in total. The van der Waals surface area contributed by atoms with Crippen molar-refractivity contribution in [3.63, 3.8) is 0 Å². The summed E-state index contributed by atoms with van der Waals surface area (Å²) in [5.41, 5.74) is 5.85. The second-order valence-corrected chi connectivity index (χ2v) is 6.63. The maximum Gasteiger partial charge on any atom is 0.135 e. The molecule has 0 fully saturated rings. The predicted octanol–water partition coefficient (Wildman–Crippen LogP) is 3.60. The van der Waals surface area contributed by atoms with Crippen molar-refractivity contribution in [1.82, 2.24) is 9.78 Å². The van der Waals surface area contributed by atoms with E-state index in [0.717, 1.165) is 17.3 Å². The van der Waals surface area contributed by atoms with Crippen LogP contribution >= 0.6 is 61.5 Å². The molecular weight excluding hydrogens is 412 g/mol. The molecule has 0 bridgehead atoms. The molecule has 7 heteroatoms. The first-order valence-electron chi connectivity index (χ1n) is 3.98. The van der Waals surface area contributed by atoms with Crippen LogP contribution in [0.3, 0.4) is 0 Å². The number of nitrogens with two attached hydrogens (primary N) is 1. The van der Waals surface area contributed by atoms with Crippen LogP contribution in [0.5, 0.6) is 0 Å². The zero-order chi connectivity index (χ0) is 11.0. The highest BCUT2D eigenvalue weighted by atomic mass is 127. The van der Waals surface area contributed by atoms with Crippen LogP contribution in [0.15, 0.2) is 16.7 Å². The van der Waals surface area contributed by atoms with E-state index in [-0.39, 0.29) is 0 Å². The Kier molecular flexibility index (Phi) is 3.59. The molecule has 0 aromatic carbocycles. The standard InChI is InChI=1S/C8H6BrClIN3S/c9-5-1-4(15-7(5)10)3-14-8(12)6(11)2-13-14/h1-2H,3,12H2. The molecule has 0 radical (unpaired) electrons. The van der Waals surface area contributed by atoms with E-state index in [2.05, 4.69) is 43.6 Å². The Labute approximate surface area is 118 Å². The van der Waals surface area contributed by atoms with Crippen LogP contribution in [0, 0.1) is 3.57 Å². The Hall–Kier alpha value is 0.210. The summed E-state index contributed by atoms with van der Waals surface area (Å²) >= 11 is 13.0. The van der Waals surface area contributed by atoms with Crippen LogP contribution in [0.4, 0.5) is 5.82 Å².